The van der Waals surface area contributed by atoms with Crippen LogP contribution in [-0.2, 0) is 6.54 Å². The Balaban J connectivity index is 2.16. The molecular weight excluding hydrogens is 277 g/mol. The number of nitrogens with one attached hydrogen (secondary N) is 1. The van der Waals surface area contributed by atoms with E-state index in [4.69, 9.17) is 17.3 Å². The summed E-state index contributed by atoms with van der Waals surface area (Å²) in [6.07, 6.45) is 0. The van der Waals surface area contributed by atoms with Gasteiger partial charge < -0.3 is 11.1 Å². The standard InChI is InChI=1S/C13H10ClF3N2/c14-9-3-7(1-2-10(9)15)6-19-13-11(16)4-8(18)5-12(13)17/h1-5,19H,6,18H2. The third kappa shape index (κ3) is 3.12. The molecule has 6 heteroatoms. The second-order valence-electron chi connectivity index (χ2n) is 3.96. The lowest BCUT2D eigenvalue weighted by molar-refractivity contribution is 0.589. The zero-order chi connectivity index (χ0) is 14.0. The van der Waals surface area contributed by atoms with Gasteiger partial charge in [0.15, 0.2) is 11.6 Å². The van der Waals surface area contributed by atoms with Crippen molar-refractivity contribution in [2.75, 3.05) is 11.1 Å². The van der Waals surface area contributed by atoms with Gasteiger partial charge in [-0.3, -0.25) is 0 Å². The van der Waals surface area contributed by atoms with Crippen LogP contribution in [0, 0.1) is 17.5 Å². The average molecular weight is 287 g/mol. The van der Waals surface area contributed by atoms with Gasteiger partial charge >= 0.3 is 0 Å². The summed E-state index contributed by atoms with van der Waals surface area (Å²) in [5.74, 6) is -2.12. The lowest BCUT2D eigenvalue weighted by atomic mass is 10.2. The van der Waals surface area contributed by atoms with Gasteiger partial charge in [0.25, 0.3) is 0 Å². The molecule has 2 rings (SSSR count). The number of nitrogens with two attached hydrogens (primary N) is 1. The molecule has 0 atom stereocenters. The first-order valence-electron chi connectivity index (χ1n) is 5.39. The van der Waals surface area contributed by atoms with Crippen LogP contribution >= 0.6 is 11.6 Å². The molecule has 0 amide bonds. The number of anilines is 2. The molecule has 0 radical (unpaired) electrons. The van der Waals surface area contributed by atoms with E-state index in [1.54, 1.807) is 0 Å². The van der Waals surface area contributed by atoms with E-state index in [1.807, 2.05) is 0 Å². The lowest BCUT2D eigenvalue weighted by Crippen LogP contribution is -2.05. The zero-order valence-electron chi connectivity index (χ0n) is 9.68. The minimum atomic E-state index is -0.786. The molecule has 0 saturated heterocycles. The lowest BCUT2D eigenvalue weighted by Gasteiger charge is -2.10. The molecule has 0 aliphatic rings. The van der Waals surface area contributed by atoms with Crippen molar-refractivity contribution in [1.29, 1.82) is 0 Å². The van der Waals surface area contributed by atoms with Gasteiger partial charge in [-0.2, -0.15) is 0 Å². The SMILES string of the molecule is Nc1cc(F)c(NCc2ccc(F)c(Cl)c2)c(F)c1. The fourth-order valence-electron chi connectivity index (χ4n) is 1.60. The highest BCUT2D eigenvalue weighted by Gasteiger charge is 2.10. The summed E-state index contributed by atoms with van der Waals surface area (Å²) >= 11 is 5.61. The monoisotopic (exact) mass is 286 g/mol. The highest BCUT2D eigenvalue weighted by atomic mass is 35.5. The molecule has 0 bridgehead atoms. The Morgan fingerprint density at radius 1 is 1.00 bits per heavy atom. The molecule has 0 aliphatic heterocycles. The predicted octanol–water partition coefficient (Wildman–Crippen LogP) is 3.95. The molecule has 0 spiro atoms. The van der Waals surface area contributed by atoms with Crippen molar-refractivity contribution in [3.63, 3.8) is 0 Å². The van der Waals surface area contributed by atoms with Crippen molar-refractivity contribution >= 4 is 23.0 Å². The van der Waals surface area contributed by atoms with Crippen LogP contribution in [0.2, 0.25) is 5.02 Å². The first kappa shape index (κ1) is 13.5. The van der Waals surface area contributed by atoms with E-state index in [0.29, 0.717) is 5.56 Å². The van der Waals surface area contributed by atoms with Gasteiger partial charge in [-0.05, 0) is 29.8 Å². The Kier molecular flexibility index (Phi) is 3.85. The molecule has 0 saturated carbocycles. The van der Waals surface area contributed by atoms with Crippen LogP contribution in [0.4, 0.5) is 24.5 Å². The maximum atomic E-state index is 13.5. The molecule has 3 N–H and O–H groups in total. The fraction of sp³-hybridized carbons (Fsp3) is 0.0769. The van der Waals surface area contributed by atoms with E-state index in [0.717, 1.165) is 12.1 Å². The molecule has 2 aromatic rings. The molecule has 0 aliphatic carbocycles. The van der Waals surface area contributed by atoms with Gasteiger partial charge in [0.05, 0.1) is 5.02 Å². The molecule has 2 aromatic carbocycles. The maximum Gasteiger partial charge on any atom is 0.151 e. The van der Waals surface area contributed by atoms with Crippen LogP contribution in [0.25, 0.3) is 0 Å². The van der Waals surface area contributed by atoms with Gasteiger partial charge in [0.1, 0.15) is 11.5 Å². The van der Waals surface area contributed by atoms with E-state index in [-0.39, 0.29) is 22.9 Å². The molecular formula is C13H10ClF3N2. The van der Waals surface area contributed by atoms with Gasteiger partial charge in [0, 0.05) is 12.2 Å². The summed E-state index contributed by atoms with van der Waals surface area (Å²) in [4.78, 5) is 0. The Bertz CT molecular complexity index is 594. The molecule has 0 fully saturated rings. The molecule has 0 heterocycles. The second-order valence-corrected chi connectivity index (χ2v) is 4.37. The quantitative estimate of drug-likeness (QED) is 0.839. The van der Waals surface area contributed by atoms with Crippen LogP contribution in [0.15, 0.2) is 30.3 Å². The first-order chi connectivity index (χ1) is 8.97. The second kappa shape index (κ2) is 5.40. The summed E-state index contributed by atoms with van der Waals surface area (Å²) in [5, 5.41) is 2.54. The van der Waals surface area contributed by atoms with Crippen molar-refractivity contribution < 1.29 is 13.2 Å². The Morgan fingerprint density at radius 2 is 1.63 bits per heavy atom. The van der Waals surface area contributed by atoms with Crippen LogP contribution in [0.3, 0.4) is 0 Å². The normalized spacial score (nSPS) is 10.5. The van der Waals surface area contributed by atoms with Crippen LogP contribution in [0.5, 0.6) is 0 Å². The maximum absolute atomic E-state index is 13.5. The highest BCUT2D eigenvalue weighted by Crippen LogP contribution is 2.23. The third-order valence-corrected chi connectivity index (χ3v) is 2.81. The van der Waals surface area contributed by atoms with E-state index in [1.165, 1.54) is 18.2 Å². The number of halogens is 4. The van der Waals surface area contributed by atoms with Crippen LogP contribution in [-0.4, -0.2) is 0 Å². The Morgan fingerprint density at radius 3 is 2.21 bits per heavy atom. The van der Waals surface area contributed by atoms with Crippen molar-refractivity contribution in [2.24, 2.45) is 0 Å². The van der Waals surface area contributed by atoms with E-state index < -0.39 is 17.5 Å². The number of nitrogen functional groups attached to an aromatic ring is 1. The predicted molar refractivity (Wildman–Crippen MR) is 69.5 cm³/mol. The summed E-state index contributed by atoms with van der Waals surface area (Å²) in [6, 6.07) is 6.08. The number of rotatable bonds is 3. The number of hydrogen-bond donors (Lipinski definition) is 2. The molecule has 0 unspecified atom stereocenters. The number of hydrogen-bond acceptors (Lipinski definition) is 2. The molecule has 2 nitrogen and oxygen atoms in total. The molecule has 100 valence electrons. The smallest absolute Gasteiger partial charge is 0.151 e. The minimum absolute atomic E-state index is 0.00498. The van der Waals surface area contributed by atoms with Crippen LogP contribution in [0.1, 0.15) is 5.56 Å². The van der Waals surface area contributed by atoms with Crippen molar-refractivity contribution in [1.82, 2.24) is 0 Å². The Labute approximate surface area is 113 Å². The van der Waals surface area contributed by atoms with Crippen molar-refractivity contribution in [2.45, 2.75) is 6.54 Å². The summed E-state index contributed by atoms with van der Waals surface area (Å²) in [7, 11) is 0. The topological polar surface area (TPSA) is 38.0 Å². The molecule has 19 heavy (non-hydrogen) atoms. The van der Waals surface area contributed by atoms with E-state index in [9.17, 15) is 13.2 Å². The highest BCUT2D eigenvalue weighted by molar-refractivity contribution is 6.30. The van der Waals surface area contributed by atoms with E-state index >= 15 is 0 Å². The fourth-order valence-corrected chi connectivity index (χ4v) is 1.80. The third-order valence-electron chi connectivity index (χ3n) is 2.52. The zero-order valence-corrected chi connectivity index (χ0v) is 10.4. The van der Waals surface area contributed by atoms with Gasteiger partial charge in [-0.15, -0.1) is 0 Å². The van der Waals surface area contributed by atoms with Gasteiger partial charge in [-0.25, -0.2) is 13.2 Å². The Hall–Kier alpha value is -1.88. The van der Waals surface area contributed by atoms with E-state index in [2.05, 4.69) is 5.32 Å². The minimum Gasteiger partial charge on any atom is -0.399 e. The first-order valence-corrected chi connectivity index (χ1v) is 5.77. The summed E-state index contributed by atoms with van der Waals surface area (Å²) < 4.78 is 39.9. The summed E-state index contributed by atoms with van der Waals surface area (Å²) in [5.41, 5.74) is 5.63. The van der Waals surface area contributed by atoms with Gasteiger partial charge in [0.2, 0.25) is 0 Å². The van der Waals surface area contributed by atoms with Gasteiger partial charge in [-0.1, -0.05) is 17.7 Å². The average Bonchev–Trinajstić information content (AvgIpc) is 2.32. The van der Waals surface area contributed by atoms with Crippen molar-refractivity contribution in [3.8, 4) is 0 Å². The molecule has 0 aromatic heterocycles. The largest absolute Gasteiger partial charge is 0.399 e. The van der Waals surface area contributed by atoms with Crippen LogP contribution < -0.4 is 11.1 Å². The number of benzene rings is 2. The van der Waals surface area contributed by atoms with Crippen molar-refractivity contribution in [3.05, 3.63) is 58.4 Å². The summed E-state index contributed by atoms with van der Waals surface area (Å²) in [6.45, 7) is 0.109.